The first-order chi connectivity index (χ1) is 18.2. The predicted molar refractivity (Wildman–Crippen MR) is 149 cm³/mol. The molecule has 0 heterocycles. The number of allylic oxidation sites excluding steroid dienone is 1. The van der Waals surface area contributed by atoms with Gasteiger partial charge in [-0.3, -0.25) is 19.3 Å². The van der Waals surface area contributed by atoms with E-state index in [2.05, 4.69) is 29.4 Å². The summed E-state index contributed by atoms with van der Waals surface area (Å²) in [5.41, 5.74) is 0.830. The second kappa shape index (κ2) is 18.6. The van der Waals surface area contributed by atoms with Gasteiger partial charge in [-0.15, -0.1) is 18.8 Å². The van der Waals surface area contributed by atoms with Crippen molar-refractivity contribution in [3.8, 4) is 24.7 Å². The zero-order valence-electron chi connectivity index (χ0n) is 22.8. The average molecular weight is 525 g/mol. The van der Waals surface area contributed by atoms with E-state index in [4.69, 9.17) is 12.8 Å². The Morgan fingerprint density at radius 2 is 1.82 bits per heavy atom. The van der Waals surface area contributed by atoms with E-state index in [1.807, 2.05) is 30.3 Å². The number of terminal acetylenes is 2. The van der Waals surface area contributed by atoms with E-state index in [0.717, 1.165) is 24.8 Å². The minimum atomic E-state index is -0.747. The highest BCUT2D eigenvalue weighted by atomic mass is 19.1. The van der Waals surface area contributed by atoms with Crippen LogP contribution in [-0.2, 0) is 20.8 Å². The monoisotopic (exact) mass is 524 g/mol. The van der Waals surface area contributed by atoms with Crippen LogP contribution in [0.5, 0.6) is 0 Å². The lowest BCUT2D eigenvalue weighted by molar-refractivity contribution is -0.135. The molecule has 1 aromatic rings. The largest absolute Gasteiger partial charge is 0.350 e. The standard InChI is InChI=1S/C30H41FN4O3/c1-6-9-15-25(13-7-2)22-32-30(38)27(14-8-3)33-29(37)26(20-24-16-11-10-12-17-24)21-28(36)35(5)19-18-34(4)23-31/h1,3,10-12,14,16-17,25-26H,7,9,13,15,18-23H2,2,4-5H3,(H,32,38)(H,33,37)/b27-14+/t25?,26-/m1/s1. The molecule has 0 saturated heterocycles. The summed E-state index contributed by atoms with van der Waals surface area (Å²) in [4.78, 5) is 42.1. The van der Waals surface area contributed by atoms with Gasteiger partial charge >= 0.3 is 0 Å². The highest BCUT2D eigenvalue weighted by Crippen LogP contribution is 2.16. The van der Waals surface area contributed by atoms with E-state index in [0.29, 0.717) is 32.5 Å². The highest BCUT2D eigenvalue weighted by molar-refractivity contribution is 5.99. The number of benzene rings is 1. The summed E-state index contributed by atoms with van der Waals surface area (Å²) in [6, 6.07) is 9.33. The van der Waals surface area contributed by atoms with Gasteiger partial charge in [-0.1, -0.05) is 49.6 Å². The molecule has 7 nitrogen and oxygen atoms in total. The maximum absolute atomic E-state index is 13.3. The van der Waals surface area contributed by atoms with E-state index in [-0.39, 0.29) is 23.9 Å². The quantitative estimate of drug-likeness (QED) is 0.186. The molecule has 38 heavy (non-hydrogen) atoms. The van der Waals surface area contributed by atoms with Crippen LogP contribution in [0.2, 0.25) is 0 Å². The molecule has 0 spiro atoms. The first-order valence-corrected chi connectivity index (χ1v) is 13.0. The normalized spacial score (nSPS) is 12.7. The van der Waals surface area contributed by atoms with Crippen LogP contribution in [0.15, 0.2) is 42.1 Å². The van der Waals surface area contributed by atoms with Crippen molar-refractivity contribution < 1.29 is 18.8 Å². The third kappa shape index (κ3) is 12.6. The second-order valence-electron chi connectivity index (χ2n) is 9.43. The van der Waals surface area contributed by atoms with Crippen molar-refractivity contribution in [3.63, 3.8) is 0 Å². The molecule has 2 atom stereocenters. The summed E-state index contributed by atoms with van der Waals surface area (Å²) >= 11 is 0. The second-order valence-corrected chi connectivity index (χ2v) is 9.43. The van der Waals surface area contributed by atoms with Gasteiger partial charge in [-0.05, 0) is 37.8 Å². The summed E-state index contributed by atoms with van der Waals surface area (Å²) in [5.74, 6) is 3.18. The number of carbonyl (C=O) groups excluding carboxylic acids is 3. The fraction of sp³-hybridized carbons (Fsp3) is 0.500. The number of rotatable bonds is 17. The molecule has 2 N–H and O–H groups in total. The fourth-order valence-corrected chi connectivity index (χ4v) is 3.88. The third-order valence-corrected chi connectivity index (χ3v) is 6.24. The lowest BCUT2D eigenvalue weighted by Gasteiger charge is -2.23. The summed E-state index contributed by atoms with van der Waals surface area (Å²) in [5, 5.41) is 5.50. The molecule has 8 heteroatoms. The number of halogens is 1. The smallest absolute Gasteiger partial charge is 0.268 e. The molecule has 206 valence electrons. The van der Waals surface area contributed by atoms with E-state index in [1.54, 1.807) is 14.1 Å². The maximum Gasteiger partial charge on any atom is 0.268 e. The number of nitrogens with one attached hydrogen (secondary N) is 2. The van der Waals surface area contributed by atoms with Gasteiger partial charge in [-0.25, -0.2) is 4.39 Å². The van der Waals surface area contributed by atoms with Gasteiger partial charge in [0.15, 0.2) is 0 Å². The first-order valence-electron chi connectivity index (χ1n) is 13.0. The maximum atomic E-state index is 13.3. The Labute approximate surface area is 227 Å². The number of hydrogen-bond donors (Lipinski definition) is 2. The minimum Gasteiger partial charge on any atom is -0.350 e. The van der Waals surface area contributed by atoms with E-state index in [9.17, 15) is 18.8 Å². The van der Waals surface area contributed by atoms with Crippen LogP contribution < -0.4 is 10.6 Å². The van der Waals surface area contributed by atoms with Crippen molar-refractivity contribution in [2.45, 2.75) is 45.4 Å². The molecular formula is C30H41FN4O3. The predicted octanol–water partition coefficient (Wildman–Crippen LogP) is 3.13. The average Bonchev–Trinajstić information content (AvgIpc) is 2.92. The number of nitrogens with zero attached hydrogens (tertiary/aromatic N) is 2. The molecule has 0 bridgehead atoms. The van der Waals surface area contributed by atoms with Crippen molar-refractivity contribution in [1.82, 2.24) is 20.4 Å². The minimum absolute atomic E-state index is 0.0480. The van der Waals surface area contributed by atoms with Gasteiger partial charge in [0.2, 0.25) is 11.8 Å². The third-order valence-electron chi connectivity index (χ3n) is 6.24. The Balaban J connectivity index is 2.96. The Morgan fingerprint density at radius 1 is 1.11 bits per heavy atom. The molecular weight excluding hydrogens is 483 g/mol. The van der Waals surface area contributed by atoms with Gasteiger partial charge in [0.25, 0.3) is 5.91 Å². The molecule has 1 unspecified atom stereocenters. The molecule has 0 saturated carbocycles. The first kappa shape index (κ1) is 32.4. The molecule has 0 aliphatic carbocycles. The molecule has 0 aromatic heterocycles. The summed E-state index contributed by atoms with van der Waals surface area (Å²) in [6.07, 6.45) is 15.5. The molecule has 1 aromatic carbocycles. The topological polar surface area (TPSA) is 81.8 Å². The summed E-state index contributed by atoms with van der Waals surface area (Å²) < 4.78 is 12.7. The van der Waals surface area contributed by atoms with Crippen LogP contribution in [0.1, 0.15) is 44.6 Å². The van der Waals surface area contributed by atoms with Crippen LogP contribution in [0, 0.1) is 36.5 Å². The van der Waals surface area contributed by atoms with E-state index < -0.39 is 24.5 Å². The summed E-state index contributed by atoms with van der Waals surface area (Å²) in [6.45, 7) is 2.55. The van der Waals surface area contributed by atoms with Crippen molar-refractivity contribution in [2.24, 2.45) is 11.8 Å². The lowest BCUT2D eigenvalue weighted by Crippen LogP contribution is -2.42. The zero-order valence-corrected chi connectivity index (χ0v) is 22.8. The molecule has 0 aliphatic rings. The Kier molecular flexibility index (Phi) is 15.9. The van der Waals surface area contributed by atoms with E-state index in [1.165, 1.54) is 15.9 Å². The van der Waals surface area contributed by atoms with Gasteiger partial charge in [0, 0.05) is 45.6 Å². The number of hydrogen-bond acceptors (Lipinski definition) is 4. The SMILES string of the molecule is C#C/C=C(/NC(=O)[C@@H](CC(=O)N(C)CCN(C)CF)Cc1ccccc1)C(=O)NCC(CCC)CCC#C. The Bertz CT molecular complexity index is 997. The Hall–Kier alpha value is -3.62. The van der Waals surface area contributed by atoms with Gasteiger partial charge in [0.1, 0.15) is 12.5 Å². The Morgan fingerprint density at radius 3 is 2.42 bits per heavy atom. The van der Waals surface area contributed by atoms with Crippen molar-refractivity contribution in [2.75, 3.05) is 40.5 Å². The molecule has 1 rings (SSSR count). The van der Waals surface area contributed by atoms with Crippen LogP contribution in [-0.4, -0.2) is 68.0 Å². The van der Waals surface area contributed by atoms with Gasteiger partial charge < -0.3 is 15.5 Å². The molecule has 3 amide bonds. The molecule has 0 radical (unpaired) electrons. The van der Waals surface area contributed by atoms with Crippen LogP contribution in [0.4, 0.5) is 4.39 Å². The van der Waals surface area contributed by atoms with Gasteiger partial charge in [0.05, 0.1) is 5.92 Å². The van der Waals surface area contributed by atoms with Crippen LogP contribution in [0.25, 0.3) is 0 Å². The summed E-state index contributed by atoms with van der Waals surface area (Å²) in [7, 11) is 3.24. The number of amides is 3. The van der Waals surface area contributed by atoms with Crippen LogP contribution >= 0.6 is 0 Å². The van der Waals surface area contributed by atoms with Crippen molar-refractivity contribution in [1.29, 1.82) is 0 Å². The molecule has 0 aliphatic heterocycles. The number of alkyl halides is 1. The number of likely N-dealkylation sites (N-methyl/N-ethyl adjacent to an activating group) is 2. The van der Waals surface area contributed by atoms with Crippen molar-refractivity contribution >= 4 is 17.7 Å². The lowest BCUT2D eigenvalue weighted by atomic mass is 9.94. The fourth-order valence-electron chi connectivity index (χ4n) is 3.88. The zero-order chi connectivity index (χ0) is 28.3. The highest BCUT2D eigenvalue weighted by Gasteiger charge is 2.26. The van der Waals surface area contributed by atoms with Gasteiger partial charge in [-0.2, -0.15) is 0 Å². The van der Waals surface area contributed by atoms with Crippen LogP contribution in [0.3, 0.4) is 0 Å². The number of carbonyl (C=O) groups is 3. The van der Waals surface area contributed by atoms with E-state index >= 15 is 0 Å². The molecule has 0 fully saturated rings. The van der Waals surface area contributed by atoms with Crippen molar-refractivity contribution in [3.05, 3.63) is 47.7 Å².